The Morgan fingerprint density at radius 2 is 2.09 bits per heavy atom. The number of amides is 1. The molecule has 1 heterocycles. The lowest BCUT2D eigenvalue weighted by Crippen LogP contribution is -2.14. The first kappa shape index (κ1) is 16.0. The zero-order chi connectivity index (χ0) is 15.8. The molecule has 2 aromatic rings. The van der Waals surface area contributed by atoms with Crippen molar-refractivity contribution in [2.24, 2.45) is 0 Å². The van der Waals surface area contributed by atoms with Gasteiger partial charge in [-0.25, -0.2) is 4.98 Å². The van der Waals surface area contributed by atoms with Crippen LogP contribution in [-0.4, -0.2) is 31.2 Å². The highest BCUT2D eigenvalue weighted by Gasteiger charge is 2.09. The minimum atomic E-state index is -0.141. The zero-order valence-electron chi connectivity index (χ0n) is 12.9. The maximum absolute atomic E-state index is 12.4. The smallest absolute Gasteiger partial charge is 0.255 e. The standard InChI is InChI=1S/C17H21N3O2/c1-3-13-6-4-5-7-15(13)20-17(21)14-8-9-18-16(12-14)19-10-11-22-2/h4-9,12H,3,10-11H2,1-2H3,(H,18,19)(H,20,21). The monoisotopic (exact) mass is 299 g/mol. The Kier molecular flexibility index (Phi) is 5.91. The molecule has 116 valence electrons. The maximum atomic E-state index is 12.4. The Morgan fingerprint density at radius 1 is 1.27 bits per heavy atom. The Bertz CT molecular complexity index is 629. The summed E-state index contributed by atoms with van der Waals surface area (Å²) in [5.41, 5.74) is 2.53. The summed E-state index contributed by atoms with van der Waals surface area (Å²) in [4.78, 5) is 16.6. The third kappa shape index (κ3) is 4.30. The molecule has 5 heteroatoms. The Hall–Kier alpha value is -2.40. The molecule has 0 saturated heterocycles. The average Bonchev–Trinajstić information content (AvgIpc) is 2.56. The number of benzene rings is 1. The summed E-state index contributed by atoms with van der Waals surface area (Å²) in [5.74, 6) is 0.520. The van der Waals surface area contributed by atoms with Crippen molar-refractivity contribution in [3.05, 3.63) is 53.7 Å². The second kappa shape index (κ2) is 8.14. The quantitative estimate of drug-likeness (QED) is 0.772. The maximum Gasteiger partial charge on any atom is 0.255 e. The molecule has 0 spiro atoms. The fourth-order valence-corrected chi connectivity index (χ4v) is 2.09. The molecule has 1 amide bonds. The van der Waals surface area contributed by atoms with Gasteiger partial charge in [0.25, 0.3) is 5.91 Å². The minimum Gasteiger partial charge on any atom is -0.383 e. The molecule has 22 heavy (non-hydrogen) atoms. The molecule has 0 bridgehead atoms. The van der Waals surface area contributed by atoms with Crippen LogP contribution in [0.4, 0.5) is 11.5 Å². The number of para-hydroxylation sites is 1. The normalized spacial score (nSPS) is 10.3. The highest BCUT2D eigenvalue weighted by Crippen LogP contribution is 2.17. The van der Waals surface area contributed by atoms with E-state index < -0.39 is 0 Å². The van der Waals surface area contributed by atoms with Crippen molar-refractivity contribution in [2.75, 3.05) is 30.9 Å². The third-order valence-electron chi connectivity index (χ3n) is 3.28. The molecule has 0 saturated carbocycles. The van der Waals surface area contributed by atoms with Gasteiger partial charge in [0.15, 0.2) is 0 Å². The van der Waals surface area contributed by atoms with Gasteiger partial charge in [-0.2, -0.15) is 0 Å². The van der Waals surface area contributed by atoms with Crippen LogP contribution in [0.25, 0.3) is 0 Å². The van der Waals surface area contributed by atoms with Crippen molar-refractivity contribution < 1.29 is 9.53 Å². The number of rotatable bonds is 7. The van der Waals surface area contributed by atoms with Gasteiger partial charge in [-0.15, -0.1) is 0 Å². The molecule has 0 radical (unpaired) electrons. The zero-order valence-corrected chi connectivity index (χ0v) is 12.9. The van der Waals surface area contributed by atoms with Crippen LogP contribution in [0.3, 0.4) is 0 Å². The van der Waals surface area contributed by atoms with E-state index in [0.29, 0.717) is 24.5 Å². The number of carbonyl (C=O) groups is 1. The Balaban J connectivity index is 2.07. The predicted molar refractivity (Wildman–Crippen MR) is 88.4 cm³/mol. The summed E-state index contributed by atoms with van der Waals surface area (Å²) >= 11 is 0. The van der Waals surface area contributed by atoms with E-state index in [1.165, 1.54) is 0 Å². The highest BCUT2D eigenvalue weighted by molar-refractivity contribution is 6.05. The van der Waals surface area contributed by atoms with Gasteiger partial charge < -0.3 is 15.4 Å². The van der Waals surface area contributed by atoms with Crippen LogP contribution in [0.1, 0.15) is 22.8 Å². The number of hydrogen-bond acceptors (Lipinski definition) is 4. The average molecular weight is 299 g/mol. The number of anilines is 2. The molecule has 1 aromatic heterocycles. The highest BCUT2D eigenvalue weighted by atomic mass is 16.5. The number of pyridine rings is 1. The first-order chi connectivity index (χ1) is 10.7. The number of aryl methyl sites for hydroxylation is 1. The first-order valence-corrected chi connectivity index (χ1v) is 7.32. The number of nitrogens with zero attached hydrogens (tertiary/aromatic N) is 1. The molecule has 0 aliphatic carbocycles. The summed E-state index contributed by atoms with van der Waals surface area (Å²) < 4.78 is 4.98. The lowest BCUT2D eigenvalue weighted by Gasteiger charge is -2.10. The van der Waals surface area contributed by atoms with Crippen LogP contribution in [-0.2, 0) is 11.2 Å². The second-order valence-corrected chi connectivity index (χ2v) is 4.81. The van der Waals surface area contributed by atoms with Crippen LogP contribution < -0.4 is 10.6 Å². The Morgan fingerprint density at radius 3 is 2.86 bits per heavy atom. The van der Waals surface area contributed by atoms with E-state index in [0.717, 1.165) is 17.7 Å². The van der Waals surface area contributed by atoms with Gasteiger partial charge in [-0.1, -0.05) is 25.1 Å². The largest absolute Gasteiger partial charge is 0.383 e. The molecule has 0 fully saturated rings. The number of aromatic nitrogens is 1. The van der Waals surface area contributed by atoms with Gasteiger partial charge in [0.05, 0.1) is 6.61 Å². The fraction of sp³-hybridized carbons (Fsp3) is 0.294. The summed E-state index contributed by atoms with van der Waals surface area (Å²) in [5, 5.41) is 6.06. The number of hydrogen-bond donors (Lipinski definition) is 2. The number of nitrogens with one attached hydrogen (secondary N) is 2. The molecule has 5 nitrogen and oxygen atoms in total. The van der Waals surface area contributed by atoms with E-state index in [1.54, 1.807) is 25.4 Å². The van der Waals surface area contributed by atoms with Crippen molar-refractivity contribution in [3.8, 4) is 0 Å². The van der Waals surface area contributed by atoms with Gasteiger partial charge >= 0.3 is 0 Å². The number of ether oxygens (including phenoxy) is 1. The first-order valence-electron chi connectivity index (χ1n) is 7.32. The minimum absolute atomic E-state index is 0.141. The molecule has 1 aromatic carbocycles. The van der Waals surface area contributed by atoms with E-state index in [1.807, 2.05) is 24.3 Å². The molecule has 0 aliphatic rings. The van der Waals surface area contributed by atoms with Crippen molar-refractivity contribution in [2.45, 2.75) is 13.3 Å². The molecule has 0 unspecified atom stereocenters. The van der Waals surface area contributed by atoms with Crippen molar-refractivity contribution in [1.82, 2.24) is 4.98 Å². The lowest BCUT2D eigenvalue weighted by atomic mass is 10.1. The number of methoxy groups -OCH3 is 1. The lowest BCUT2D eigenvalue weighted by molar-refractivity contribution is 0.102. The van der Waals surface area contributed by atoms with Crippen LogP contribution in [0.2, 0.25) is 0 Å². The predicted octanol–water partition coefficient (Wildman–Crippen LogP) is 2.95. The van der Waals surface area contributed by atoms with E-state index in [2.05, 4.69) is 22.5 Å². The van der Waals surface area contributed by atoms with Gasteiger partial charge in [0.1, 0.15) is 5.82 Å². The van der Waals surface area contributed by atoms with Crippen molar-refractivity contribution >= 4 is 17.4 Å². The fourth-order valence-electron chi connectivity index (χ4n) is 2.09. The summed E-state index contributed by atoms with van der Waals surface area (Å²) in [6.45, 7) is 3.30. The summed E-state index contributed by atoms with van der Waals surface area (Å²) in [7, 11) is 1.64. The van der Waals surface area contributed by atoms with Gasteiger partial charge in [-0.05, 0) is 30.2 Å². The topological polar surface area (TPSA) is 63.2 Å². The van der Waals surface area contributed by atoms with Crippen LogP contribution >= 0.6 is 0 Å². The molecular weight excluding hydrogens is 278 g/mol. The Labute approximate surface area is 130 Å². The molecule has 2 N–H and O–H groups in total. The second-order valence-electron chi connectivity index (χ2n) is 4.81. The molecular formula is C17H21N3O2. The van der Waals surface area contributed by atoms with E-state index in [9.17, 15) is 4.79 Å². The van der Waals surface area contributed by atoms with Gasteiger partial charge in [0, 0.05) is 31.1 Å². The molecule has 0 aliphatic heterocycles. The van der Waals surface area contributed by atoms with Gasteiger partial charge in [0.2, 0.25) is 0 Å². The SMILES string of the molecule is CCc1ccccc1NC(=O)c1ccnc(NCCOC)c1. The van der Waals surface area contributed by atoms with Crippen molar-refractivity contribution in [3.63, 3.8) is 0 Å². The van der Waals surface area contributed by atoms with E-state index in [-0.39, 0.29) is 5.91 Å². The molecule has 2 rings (SSSR count). The molecule has 0 atom stereocenters. The van der Waals surface area contributed by atoms with E-state index in [4.69, 9.17) is 4.74 Å². The summed E-state index contributed by atoms with van der Waals surface area (Å²) in [6, 6.07) is 11.2. The van der Waals surface area contributed by atoms with Gasteiger partial charge in [-0.3, -0.25) is 4.79 Å². The van der Waals surface area contributed by atoms with E-state index >= 15 is 0 Å². The number of carbonyl (C=O) groups excluding carboxylic acids is 1. The van der Waals surface area contributed by atoms with Crippen molar-refractivity contribution in [1.29, 1.82) is 0 Å². The summed E-state index contributed by atoms with van der Waals surface area (Å²) in [6.07, 6.45) is 2.49. The third-order valence-corrected chi connectivity index (χ3v) is 3.28. The van der Waals surface area contributed by atoms with Crippen LogP contribution in [0.5, 0.6) is 0 Å². The van der Waals surface area contributed by atoms with Crippen LogP contribution in [0, 0.1) is 0 Å². The van der Waals surface area contributed by atoms with Crippen LogP contribution in [0.15, 0.2) is 42.6 Å².